The molecule has 1 aromatic carbocycles. The molecule has 1 heterocycles. The van der Waals surface area contributed by atoms with Gasteiger partial charge in [-0.2, -0.15) is 4.31 Å². The lowest BCUT2D eigenvalue weighted by atomic mass is 9.83. The summed E-state index contributed by atoms with van der Waals surface area (Å²) in [5.41, 5.74) is 7.22. The number of rotatable bonds is 2. The first kappa shape index (κ1) is 14.3. The third kappa shape index (κ3) is 2.92. The highest BCUT2D eigenvalue weighted by atomic mass is 32.2. The van der Waals surface area contributed by atoms with E-state index in [0.29, 0.717) is 29.2 Å². The fourth-order valence-electron chi connectivity index (χ4n) is 2.43. The molecule has 5 heteroatoms. The molecule has 0 unspecified atom stereocenters. The predicted octanol–water partition coefficient (Wildman–Crippen LogP) is 2.39. The van der Waals surface area contributed by atoms with Crippen LogP contribution in [0.3, 0.4) is 0 Å². The molecule has 0 radical (unpaired) electrons. The van der Waals surface area contributed by atoms with Crippen molar-refractivity contribution in [1.29, 1.82) is 0 Å². The van der Waals surface area contributed by atoms with Crippen molar-refractivity contribution in [2.75, 3.05) is 18.8 Å². The van der Waals surface area contributed by atoms with Crippen molar-refractivity contribution in [2.45, 2.75) is 38.5 Å². The normalized spacial score (nSPS) is 20.4. The number of hydrogen-bond acceptors (Lipinski definition) is 3. The van der Waals surface area contributed by atoms with Crippen LogP contribution >= 0.6 is 0 Å². The molecule has 1 saturated heterocycles. The number of benzene rings is 1. The highest BCUT2D eigenvalue weighted by molar-refractivity contribution is 7.89. The van der Waals surface area contributed by atoms with E-state index in [0.717, 1.165) is 12.8 Å². The SMILES string of the molecule is Cc1cc(N)ccc1S(=O)(=O)N1CCC(C)(C)CC1. The summed E-state index contributed by atoms with van der Waals surface area (Å²) in [6.45, 7) is 7.35. The molecule has 1 aliphatic rings. The minimum Gasteiger partial charge on any atom is -0.399 e. The van der Waals surface area contributed by atoms with Gasteiger partial charge < -0.3 is 5.73 Å². The lowest BCUT2D eigenvalue weighted by Gasteiger charge is -2.36. The van der Waals surface area contributed by atoms with Gasteiger partial charge in [0, 0.05) is 18.8 Å². The average molecular weight is 282 g/mol. The first-order chi connectivity index (χ1) is 8.72. The van der Waals surface area contributed by atoms with E-state index in [1.54, 1.807) is 29.4 Å². The van der Waals surface area contributed by atoms with Gasteiger partial charge in [0.05, 0.1) is 4.90 Å². The fourth-order valence-corrected chi connectivity index (χ4v) is 4.08. The third-order valence-electron chi connectivity index (χ3n) is 3.89. The van der Waals surface area contributed by atoms with E-state index < -0.39 is 10.0 Å². The monoisotopic (exact) mass is 282 g/mol. The molecule has 0 amide bonds. The van der Waals surface area contributed by atoms with Gasteiger partial charge in [-0.15, -0.1) is 0 Å². The Kier molecular flexibility index (Phi) is 3.62. The molecule has 4 nitrogen and oxygen atoms in total. The van der Waals surface area contributed by atoms with Crippen LogP contribution in [0.25, 0.3) is 0 Å². The van der Waals surface area contributed by atoms with Crippen LogP contribution in [0.4, 0.5) is 5.69 Å². The first-order valence-electron chi connectivity index (χ1n) is 6.59. The largest absolute Gasteiger partial charge is 0.399 e. The molecule has 1 aliphatic heterocycles. The van der Waals surface area contributed by atoms with Crippen molar-refractivity contribution < 1.29 is 8.42 Å². The molecule has 19 heavy (non-hydrogen) atoms. The van der Waals surface area contributed by atoms with Gasteiger partial charge in [0.15, 0.2) is 0 Å². The van der Waals surface area contributed by atoms with Gasteiger partial charge in [-0.05, 0) is 48.9 Å². The number of anilines is 1. The second-order valence-corrected chi connectivity index (χ2v) is 8.00. The van der Waals surface area contributed by atoms with Crippen molar-refractivity contribution in [2.24, 2.45) is 5.41 Å². The van der Waals surface area contributed by atoms with Crippen LogP contribution in [0.15, 0.2) is 23.1 Å². The summed E-state index contributed by atoms with van der Waals surface area (Å²) in [6.07, 6.45) is 1.81. The lowest BCUT2D eigenvalue weighted by molar-refractivity contribution is 0.196. The summed E-state index contributed by atoms with van der Waals surface area (Å²) in [5.74, 6) is 0. The van der Waals surface area contributed by atoms with E-state index in [1.165, 1.54) is 0 Å². The van der Waals surface area contributed by atoms with E-state index in [9.17, 15) is 8.42 Å². The van der Waals surface area contributed by atoms with Crippen molar-refractivity contribution in [3.8, 4) is 0 Å². The molecule has 0 spiro atoms. The summed E-state index contributed by atoms with van der Waals surface area (Å²) in [7, 11) is -3.38. The third-order valence-corrected chi connectivity index (χ3v) is 5.95. The van der Waals surface area contributed by atoms with Crippen LogP contribution in [-0.2, 0) is 10.0 Å². The van der Waals surface area contributed by atoms with Crippen LogP contribution in [0, 0.1) is 12.3 Å². The number of piperidine rings is 1. The van der Waals surface area contributed by atoms with Gasteiger partial charge in [-0.1, -0.05) is 13.8 Å². The van der Waals surface area contributed by atoms with Crippen molar-refractivity contribution in [3.05, 3.63) is 23.8 Å². The fraction of sp³-hybridized carbons (Fsp3) is 0.571. The van der Waals surface area contributed by atoms with Crippen LogP contribution in [-0.4, -0.2) is 25.8 Å². The van der Waals surface area contributed by atoms with Crippen LogP contribution < -0.4 is 5.73 Å². The Morgan fingerprint density at radius 2 is 1.79 bits per heavy atom. The van der Waals surface area contributed by atoms with Crippen LogP contribution in [0.2, 0.25) is 0 Å². The summed E-state index contributed by atoms with van der Waals surface area (Å²) >= 11 is 0. The van der Waals surface area contributed by atoms with E-state index in [1.807, 2.05) is 0 Å². The minimum absolute atomic E-state index is 0.238. The Hall–Kier alpha value is -1.07. The molecule has 1 fully saturated rings. The Bertz CT molecular complexity index is 569. The number of nitrogen functional groups attached to an aromatic ring is 1. The maximum Gasteiger partial charge on any atom is 0.243 e. The zero-order valence-electron chi connectivity index (χ0n) is 11.8. The quantitative estimate of drug-likeness (QED) is 0.847. The molecule has 0 aromatic heterocycles. The Morgan fingerprint density at radius 3 is 2.32 bits per heavy atom. The number of sulfonamides is 1. The zero-order valence-corrected chi connectivity index (χ0v) is 12.6. The van der Waals surface area contributed by atoms with Crippen molar-refractivity contribution in [3.63, 3.8) is 0 Å². The highest BCUT2D eigenvalue weighted by Gasteiger charge is 2.33. The molecule has 0 atom stereocenters. The maximum absolute atomic E-state index is 12.6. The Labute approximate surface area is 115 Å². The standard InChI is InChI=1S/C14H22N2O2S/c1-11-10-12(15)4-5-13(11)19(17,18)16-8-6-14(2,3)7-9-16/h4-5,10H,6-9,15H2,1-3H3. The number of hydrogen-bond donors (Lipinski definition) is 1. The Balaban J connectivity index is 2.28. The topological polar surface area (TPSA) is 63.4 Å². The molecule has 0 aliphatic carbocycles. The van der Waals surface area contributed by atoms with Gasteiger partial charge >= 0.3 is 0 Å². The van der Waals surface area contributed by atoms with Gasteiger partial charge in [0.2, 0.25) is 10.0 Å². The predicted molar refractivity (Wildman–Crippen MR) is 77.4 cm³/mol. The maximum atomic E-state index is 12.6. The van der Waals surface area contributed by atoms with Gasteiger partial charge in [-0.25, -0.2) is 8.42 Å². The highest BCUT2D eigenvalue weighted by Crippen LogP contribution is 2.33. The van der Waals surface area contributed by atoms with Crippen LogP contribution in [0.1, 0.15) is 32.3 Å². The summed E-state index contributed by atoms with van der Waals surface area (Å²) < 4.78 is 26.8. The Morgan fingerprint density at radius 1 is 1.21 bits per heavy atom. The average Bonchev–Trinajstić information content (AvgIpc) is 2.27. The summed E-state index contributed by atoms with van der Waals surface area (Å²) in [4.78, 5) is 0.376. The number of nitrogens with zero attached hydrogens (tertiary/aromatic N) is 1. The second-order valence-electron chi connectivity index (χ2n) is 6.09. The molecular formula is C14H22N2O2S. The molecular weight excluding hydrogens is 260 g/mol. The van der Waals surface area contributed by atoms with E-state index >= 15 is 0 Å². The molecule has 2 rings (SSSR count). The number of nitrogens with two attached hydrogens (primary N) is 1. The molecule has 0 bridgehead atoms. The summed E-state index contributed by atoms with van der Waals surface area (Å²) in [6, 6.07) is 4.97. The summed E-state index contributed by atoms with van der Waals surface area (Å²) in [5, 5.41) is 0. The van der Waals surface area contributed by atoms with Gasteiger partial charge in [0.1, 0.15) is 0 Å². The van der Waals surface area contributed by atoms with E-state index in [2.05, 4.69) is 13.8 Å². The van der Waals surface area contributed by atoms with Crippen LogP contribution in [0.5, 0.6) is 0 Å². The van der Waals surface area contributed by atoms with Crippen molar-refractivity contribution in [1.82, 2.24) is 4.31 Å². The molecule has 0 saturated carbocycles. The lowest BCUT2D eigenvalue weighted by Crippen LogP contribution is -2.41. The van der Waals surface area contributed by atoms with Gasteiger partial charge in [0.25, 0.3) is 0 Å². The molecule has 2 N–H and O–H groups in total. The number of aryl methyl sites for hydroxylation is 1. The van der Waals surface area contributed by atoms with Gasteiger partial charge in [-0.3, -0.25) is 0 Å². The second kappa shape index (κ2) is 4.80. The molecule has 1 aromatic rings. The van der Waals surface area contributed by atoms with E-state index in [4.69, 9.17) is 5.73 Å². The zero-order chi connectivity index (χ0) is 14.3. The first-order valence-corrected chi connectivity index (χ1v) is 8.03. The van der Waals surface area contributed by atoms with E-state index in [-0.39, 0.29) is 5.41 Å². The van der Waals surface area contributed by atoms with Crippen molar-refractivity contribution >= 4 is 15.7 Å². The molecule has 106 valence electrons. The smallest absolute Gasteiger partial charge is 0.243 e. The minimum atomic E-state index is -3.38.